The van der Waals surface area contributed by atoms with Crippen LogP contribution >= 0.6 is 0 Å². The Morgan fingerprint density at radius 3 is 2.04 bits per heavy atom. The molecule has 0 radical (unpaired) electrons. The molecule has 5 heteroatoms. The fourth-order valence-corrected chi connectivity index (χ4v) is 5.90. The van der Waals surface area contributed by atoms with Gasteiger partial charge in [-0.2, -0.15) is 0 Å². The van der Waals surface area contributed by atoms with Crippen molar-refractivity contribution in [3.05, 3.63) is 35.4 Å². The molecule has 0 heterocycles. The molecule has 0 saturated heterocycles. The van der Waals surface area contributed by atoms with Crippen LogP contribution < -0.4 is 0 Å². The molecule has 0 spiro atoms. The minimum atomic E-state index is -0.703. The van der Waals surface area contributed by atoms with Gasteiger partial charge in [-0.25, -0.2) is 9.59 Å². The third-order valence-corrected chi connectivity index (χ3v) is 6.41. The van der Waals surface area contributed by atoms with Crippen LogP contribution in [-0.2, 0) is 14.3 Å². The Morgan fingerprint density at radius 2 is 1.50 bits per heavy atom. The second kappa shape index (κ2) is 6.53. The van der Waals surface area contributed by atoms with Crippen molar-refractivity contribution in [1.82, 2.24) is 0 Å². The van der Waals surface area contributed by atoms with Crippen molar-refractivity contribution in [3.63, 3.8) is 0 Å². The number of esters is 3. The highest BCUT2D eigenvalue weighted by Gasteiger charge is 2.51. The summed E-state index contributed by atoms with van der Waals surface area (Å²) in [5.74, 6) is 0.579. The fourth-order valence-electron chi connectivity index (χ4n) is 5.90. The molecule has 4 aliphatic carbocycles. The highest BCUT2D eigenvalue weighted by Crippen LogP contribution is 2.61. The van der Waals surface area contributed by atoms with E-state index in [9.17, 15) is 14.4 Å². The Morgan fingerprint density at radius 1 is 0.962 bits per heavy atom. The molecule has 1 aromatic rings. The Bertz CT molecular complexity index is 715. The van der Waals surface area contributed by atoms with Crippen LogP contribution in [0.5, 0.6) is 0 Å². The first-order chi connectivity index (χ1) is 12.5. The maximum atomic E-state index is 12.5. The number of methoxy groups -OCH3 is 1. The molecule has 4 bridgehead atoms. The minimum Gasteiger partial charge on any atom is -0.465 e. The van der Waals surface area contributed by atoms with E-state index < -0.39 is 17.9 Å². The zero-order chi connectivity index (χ0) is 18.3. The smallest absolute Gasteiger partial charge is 0.345 e. The third kappa shape index (κ3) is 3.27. The highest BCUT2D eigenvalue weighted by molar-refractivity contribution is 5.99. The summed E-state index contributed by atoms with van der Waals surface area (Å²) in [6.07, 6.45) is 7.56. The molecule has 1 aromatic carbocycles. The zero-order valence-corrected chi connectivity index (χ0v) is 15.0. The van der Waals surface area contributed by atoms with Crippen LogP contribution in [0, 0.1) is 23.2 Å². The van der Waals surface area contributed by atoms with Gasteiger partial charge in [-0.05, 0) is 79.9 Å². The van der Waals surface area contributed by atoms with Crippen LogP contribution in [0.4, 0.5) is 0 Å². The lowest BCUT2D eigenvalue weighted by atomic mass is 9.49. The van der Waals surface area contributed by atoms with Gasteiger partial charge in [-0.3, -0.25) is 4.79 Å². The quantitative estimate of drug-likeness (QED) is 0.607. The number of benzene rings is 1. The molecule has 0 N–H and O–H groups in total. The molecule has 4 fully saturated rings. The molecule has 26 heavy (non-hydrogen) atoms. The van der Waals surface area contributed by atoms with Crippen LogP contribution in [0.25, 0.3) is 0 Å². The lowest BCUT2D eigenvalue weighted by Gasteiger charge is -2.56. The van der Waals surface area contributed by atoms with E-state index in [1.165, 1.54) is 38.5 Å². The summed E-state index contributed by atoms with van der Waals surface area (Å²) in [5, 5.41) is 0. The first-order valence-electron chi connectivity index (χ1n) is 9.40. The summed E-state index contributed by atoms with van der Waals surface area (Å²) >= 11 is 0. The summed E-state index contributed by atoms with van der Waals surface area (Å²) in [7, 11) is 1.28. The molecule has 4 saturated carbocycles. The molecule has 5 rings (SSSR count). The van der Waals surface area contributed by atoms with E-state index in [0.29, 0.717) is 6.42 Å². The Balaban J connectivity index is 1.41. The molecular formula is C21H24O5. The molecule has 138 valence electrons. The highest BCUT2D eigenvalue weighted by atomic mass is 16.6. The van der Waals surface area contributed by atoms with E-state index in [4.69, 9.17) is 4.74 Å². The van der Waals surface area contributed by atoms with Crippen molar-refractivity contribution in [1.29, 1.82) is 0 Å². The number of ether oxygens (including phenoxy) is 2. The van der Waals surface area contributed by atoms with Crippen LogP contribution in [0.2, 0.25) is 0 Å². The lowest BCUT2D eigenvalue weighted by molar-refractivity contribution is -0.146. The van der Waals surface area contributed by atoms with Crippen molar-refractivity contribution >= 4 is 17.9 Å². The number of hydrogen-bond donors (Lipinski definition) is 0. The average Bonchev–Trinajstić information content (AvgIpc) is 2.59. The predicted molar refractivity (Wildman–Crippen MR) is 93.4 cm³/mol. The molecule has 0 aromatic heterocycles. The molecule has 5 nitrogen and oxygen atoms in total. The number of rotatable bonds is 4. The van der Waals surface area contributed by atoms with Crippen molar-refractivity contribution < 1.29 is 23.9 Å². The van der Waals surface area contributed by atoms with E-state index in [0.717, 1.165) is 37.0 Å². The molecule has 0 aliphatic heterocycles. The largest absolute Gasteiger partial charge is 0.465 e. The summed E-state index contributed by atoms with van der Waals surface area (Å²) < 4.78 is 9.77. The standard InChI is InChI=1S/C21H24O5/c1-25-19(23)16-3-2-4-17(8-16)20(24)26-18(22)12-21-9-13-5-14(10-21)7-15(6-13)11-21/h2-4,8,13-15H,5-7,9-12H2,1H3. The van der Waals surface area contributed by atoms with Gasteiger partial charge in [-0.15, -0.1) is 0 Å². The van der Waals surface area contributed by atoms with Gasteiger partial charge in [0.05, 0.1) is 24.7 Å². The van der Waals surface area contributed by atoms with Gasteiger partial charge in [0, 0.05) is 0 Å². The monoisotopic (exact) mass is 356 g/mol. The fraction of sp³-hybridized carbons (Fsp3) is 0.571. The molecular weight excluding hydrogens is 332 g/mol. The van der Waals surface area contributed by atoms with Gasteiger partial charge in [0.2, 0.25) is 0 Å². The van der Waals surface area contributed by atoms with Crippen LogP contribution in [0.3, 0.4) is 0 Å². The van der Waals surface area contributed by atoms with Gasteiger partial charge in [-0.1, -0.05) is 6.07 Å². The van der Waals surface area contributed by atoms with E-state index >= 15 is 0 Å². The summed E-state index contributed by atoms with van der Waals surface area (Å²) in [5.41, 5.74) is 0.488. The molecule has 0 unspecified atom stereocenters. The zero-order valence-electron chi connectivity index (χ0n) is 15.0. The van der Waals surface area contributed by atoms with Gasteiger partial charge in [0.25, 0.3) is 0 Å². The Hall–Kier alpha value is -2.17. The predicted octanol–water partition coefficient (Wildman–Crippen LogP) is 3.76. The third-order valence-electron chi connectivity index (χ3n) is 6.41. The van der Waals surface area contributed by atoms with Crippen molar-refractivity contribution in [2.24, 2.45) is 23.2 Å². The normalized spacial score (nSPS) is 31.5. The van der Waals surface area contributed by atoms with E-state index in [-0.39, 0.29) is 16.5 Å². The maximum Gasteiger partial charge on any atom is 0.345 e. The lowest BCUT2D eigenvalue weighted by Crippen LogP contribution is -2.47. The van der Waals surface area contributed by atoms with E-state index in [1.54, 1.807) is 12.1 Å². The Kier molecular flexibility index (Phi) is 4.33. The first-order valence-corrected chi connectivity index (χ1v) is 9.40. The molecule has 0 amide bonds. The van der Waals surface area contributed by atoms with Gasteiger partial charge < -0.3 is 9.47 Å². The van der Waals surface area contributed by atoms with Crippen LogP contribution in [0.15, 0.2) is 24.3 Å². The topological polar surface area (TPSA) is 69.7 Å². The minimum absolute atomic E-state index is 0.0416. The number of carbonyl (C=O) groups excluding carboxylic acids is 3. The van der Waals surface area contributed by atoms with Crippen molar-refractivity contribution in [2.45, 2.75) is 44.9 Å². The summed E-state index contributed by atoms with van der Waals surface area (Å²) in [6.45, 7) is 0. The van der Waals surface area contributed by atoms with Crippen molar-refractivity contribution in [3.8, 4) is 0 Å². The maximum absolute atomic E-state index is 12.5. The number of carbonyl (C=O) groups is 3. The van der Waals surface area contributed by atoms with Crippen molar-refractivity contribution in [2.75, 3.05) is 7.11 Å². The second-order valence-corrected chi connectivity index (χ2v) is 8.43. The van der Waals surface area contributed by atoms with Gasteiger partial charge >= 0.3 is 17.9 Å². The van der Waals surface area contributed by atoms with E-state index in [2.05, 4.69) is 4.74 Å². The van der Waals surface area contributed by atoms with E-state index in [1.807, 2.05) is 0 Å². The van der Waals surface area contributed by atoms with Gasteiger partial charge in [0.1, 0.15) is 0 Å². The Labute approximate surface area is 153 Å². The van der Waals surface area contributed by atoms with Crippen LogP contribution in [0.1, 0.15) is 65.7 Å². The van der Waals surface area contributed by atoms with Crippen LogP contribution in [-0.4, -0.2) is 25.0 Å². The number of hydrogen-bond acceptors (Lipinski definition) is 5. The molecule has 4 aliphatic rings. The summed E-state index contributed by atoms with van der Waals surface area (Å²) in [6, 6.07) is 6.06. The molecule has 0 atom stereocenters. The van der Waals surface area contributed by atoms with Gasteiger partial charge in [0.15, 0.2) is 0 Å². The first kappa shape index (κ1) is 17.3. The summed E-state index contributed by atoms with van der Waals surface area (Å²) in [4.78, 5) is 36.3. The second-order valence-electron chi connectivity index (χ2n) is 8.43. The average molecular weight is 356 g/mol. The SMILES string of the molecule is COC(=O)c1cccc(C(=O)OC(=O)CC23CC4CC(CC(C4)C2)C3)c1.